The summed E-state index contributed by atoms with van der Waals surface area (Å²) in [5.74, 6) is 0. The summed E-state index contributed by atoms with van der Waals surface area (Å²) in [5.41, 5.74) is 3.88. The predicted octanol–water partition coefficient (Wildman–Crippen LogP) is 4.59. The monoisotopic (exact) mass is 201 g/mol. The Balaban J connectivity index is 2.49. The van der Waals surface area contributed by atoms with Crippen molar-refractivity contribution in [2.75, 3.05) is 0 Å². The molecule has 0 nitrogen and oxygen atoms in total. The van der Waals surface area contributed by atoms with Crippen molar-refractivity contribution < 1.29 is 0 Å². The third-order valence-corrected chi connectivity index (χ3v) is 2.59. The lowest BCUT2D eigenvalue weighted by Crippen LogP contribution is -1.83. The number of hydrogen-bond donors (Lipinski definition) is 0. The normalized spacial score (nSPS) is 11.1. The van der Waals surface area contributed by atoms with Gasteiger partial charge in [0.2, 0.25) is 0 Å². The maximum absolute atomic E-state index is 3.37. The Labute approximate surface area is 94.0 Å². The zero-order chi connectivity index (χ0) is 11.1. The van der Waals surface area contributed by atoms with Crippen LogP contribution in [0.5, 0.6) is 0 Å². The topological polar surface area (TPSA) is 0 Å². The first kappa shape index (κ1) is 12.0. The second-order valence-electron chi connectivity index (χ2n) is 4.16. The molecule has 15 heavy (non-hydrogen) atoms. The van der Waals surface area contributed by atoms with Crippen LogP contribution >= 0.6 is 0 Å². The third kappa shape index (κ3) is 4.33. The molecule has 0 saturated carbocycles. The summed E-state index contributed by atoms with van der Waals surface area (Å²) in [6.07, 6.45) is 10.6. The average molecular weight is 201 g/mol. The van der Waals surface area contributed by atoms with E-state index >= 15 is 0 Å². The molecule has 0 aromatic heterocycles. The molecule has 0 amide bonds. The molecule has 0 heterocycles. The van der Waals surface area contributed by atoms with E-state index in [-0.39, 0.29) is 0 Å². The lowest BCUT2D eigenvalue weighted by Gasteiger charge is -2.00. The Morgan fingerprint density at radius 1 is 1.20 bits per heavy atom. The van der Waals surface area contributed by atoms with Gasteiger partial charge in [-0.2, -0.15) is 0 Å². The van der Waals surface area contributed by atoms with Crippen molar-refractivity contribution in [2.24, 2.45) is 0 Å². The second-order valence-corrected chi connectivity index (χ2v) is 4.16. The van der Waals surface area contributed by atoms with Gasteiger partial charge in [-0.05, 0) is 43.9 Å². The van der Waals surface area contributed by atoms with E-state index in [1.807, 2.05) is 0 Å². The summed E-state index contributed by atoms with van der Waals surface area (Å²) in [6, 6.07) is 6.51. The quantitative estimate of drug-likeness (QED) is 0.611. The Morgan fingerprint density at radius 3 is 2.67 bits per heavy atom. The zero-order valence-electron chi connectivity index (χ0n) is 10.1. The van der Waals surface area contributed by atoms with Crippen molar-refractivity contribution in [3.8, 4) is 0 Å². The van der Waals surface area contributed by atoms with Crippen molar-refractivity contribution in [1.82, 2.24) is 0 Å². The van der Waals surface area contributed by atoms with E-state index in [0.717, 1.165) is 6.42 Å². The highest BCUT2D eigenvalue weighted by atomic mass is 14.0. The molecule has 0 aliphatic carbocycles. The van der Waals surface area contributed by atoms with Gasteiger partial charge in [-0.3, -0.25) is 0 Å². The smallest absolute Gasteiger partial charge is 0.0146 e. The standard InChI is InChI=1S/C15H21/c1-4-5-6-7-8-9-15-11-10-13(2)12-14(15)3/h8,10-12H,4-7H2,1-3H3. The zero-order valence-corrected chi connectivity index (χ0v) is 10.1. The van der Waals surface area contributed by atoms with Gasteiger partial charge in [0.25, 0.3) is 0 Å². The minimum absolute atomic E-state index is 1.15. The van der Waals surface area contributed by atoms with Gasteiger partial charge in [-0.1, -0.05) is 49.6 Å². The molecule has 0 heteroatoms. The van der Waals surface area contributed by atoms with Gasteiger partial charge in [0, 0.05) is 0 Å². The maximum Gasteiger partial charge on any atom is -0.0146 e. The lowest BCUT2D eigenvalue weighted by molar-refractivity contribution is 0.728. The molecule has 0 spiro atoms. The minimum atomic E-state index is 1.15. The highest BCUT2D eigenvalue weighted by Crippen LogP contribution is 2.11. The Morgan fingerprint density at radius 2 is 2.00 bits per heavy atom. The first-order chi connectivity index (χ1) is 7.24. The fourth-order valence-electron chi connectivity index (χ4n) is 1.65. The molecular formula is C15H21. The number of rotatable bonds is 5. The predicted molar refractivity (Wildman–Crippen MR) is 67.0 cm³/mol. The van der Waals surface area contributed by atoms with E-state index in [1.54, 1.807) is 0 Å². The number of allylic oxidation sites excluding steroid dienone is 1. The van der Waals surface area contributed by atoms with Crippen LogP contribution in [0.15, 0.2) is 24.3 Å². The number of unbranched alkanes of at least 4 members (excludes halogenated alkanes) is 3. The van der Waals surface area contributed by atoms with E-state index in [2.05, 4.69) is 51.1 Å². The molecule has 1 aromatic carbocycles. The van der Waals surface area contributed by atoms with Crippen molar-refractivity contribution in [2.45, 2.75) is 46.5 Å². The van der Waals surface area contributed by atoms with Crippen LogP contribution in [0.3, 0.4) is 0 Å². The molecule has 1 rings (SSSR count). The van der Waals surface area contributed by atoms with E-state index in [9.17, 15) is 0 Å². The molecule has 0 N–H and O–H groups in total. The van der Waals surface area contributed by atoms with E-state index < -0.39 is 0 Å². The molecular weight excluding hydrogens is 180 g/mol. The summed E-state index contributed by atoms with van der Waals surface area (Å²) >= 11 is 0. The molecule has 1 radical (unpaired) electrons. The molecule has 0 saturated heterocycles. The fraction of sp³-hybridized carbons (Fsp3) is 0.467. The van der Waals surface area contributed by atoms with Gasteiger partial charge in [-0.15, -0.1) is 0 Å². The molecule has 0 atom stereocenters. The summed E-state index contributed by atoms with van der Waals surface area (Å²) in [5, 5.41) is 0. The van der Waals surface area contributed by atoms with E-state index in [0.29, 0.717) is 0 Å². The molecule has 0 unspecified atom stereocenters. The van der Waals surface area contributed by atoms with E-state index in [4.69, 9.17) is 0 Å². The van der Waals surface area contributed by atoms with Gasteiger partial charge in [-0.25, -0.2) is 0 Å². The van der Waals surface area contributed by atoms with Crippen LogP contribution in [-0.2, 0) is 0 Å². The molecule has 0 fully saturated rings. The van der Waals surface area contributed by atoms with Crippen LogP contribution < -0.4 is 0 Å². The minimum Gasteiger partial charge on any atom is -0.0760 e. The summed E-state index contributed by atoms with van der Waals surface area (Å²) in [4.78, 5) is 0. The van der Waals surface area contributed by atoms with Gasteiger partial charge in [0.05, 0.1) is 0 Å². The molecule has 0 bridgehead atoms. The van der Waals surface area contributed by atoms with Gasteiger partial charge < -0.3 is 0 Å². The van der Waals surface area contributed by atoms with Crippen molar-refractivity contribution >= 4 is 0 Å². The van der Waals surface area contributed by atoms with Crippen LogP contribution in [0.1, 0.15) is 49.3 Å². The first-order valence-electron chi connectivity index (χ1n) is 5.89. The number of benzene rings is 1. The Kier molecular flexibility index (Phi) is 5.17. The molecule has 1 aromatic rings. The maximum atomic E-state index is 3.37. The second kappa shape index (κ2) is 6.44. The highest BCUT2D eigenvalue weighted by molar-refractivity contribution is 5.34. The SMILES string of the molecule is CCCCC/C=[C]\c1ccc(C)cc1C. The number of aryl methyl sites for hydroxylation is 2. The third-order valence-electron chi connectivity index (χ3n) is 2.59. The van der Waals surface area contributed by atoms with Crippen molar-refractivity contribution in [3.63, 3.8) is 0 Å². The van der Waals surface area contributed by atoms with Crippen LogP contribution in [0.25, 0.3) is 0 Å². The fourth-order valence-corrected chi connectivity index (χ4v) is 1.65. The highest BCUT2D eigenvalue weighted by Gasteiger charge is 1.93. The van der Waals surface area contributed by atoms with Crippen LogP contribution in [-0.4, -0.2) is 0 Å². The van der Waals surface area contributed by atoms with Crippen molar-refractivity contribution in [3.05, 3.63) is 47.0 Å². The Bertz CT molecular complexity index is 321. The van der Waals surface area contributed by atoms with Gasteiger partial charge in [0.15, 0.2) is 0 Å². The summed E-state index contributed by atoms with van der Waals surface area (Å²) < 4.78 is 0. The number of hydrogen-bond acceptors (Lipinski definition) is 0. The summed E-state index contributed by atoms with van der Waals surface area (Å²) in [6.45, 7) is 6.51. The van der Waals surface area contributed by atoms with Crippen LogP contribution in [0.4, 0.5) is 0 Å². The largest absolute Gasteiger partial charge is 0.0760 e. The summed E-state index contributed by atoms with van der Waals surface area (Å²) in [7, 11) is 0. The Hall–Kier alpha value is -1.04. The molecule has 81 valence electrons. The lowest BCUT2D eigenvalue weighted by atomic mass is 10.0. The molecule has 0 aliphatic rings. The van der Waals surface area contributed by atoms with Gasteiger partial charge in [0.1, 0.15) is 0 Å². The first-order valence-corrected chi connectivity index (χ1v) is 5.89. The van der Waals surface area contributed by atoms with Crippen LogP contribution in [0, 0.1) is 19.9 Å². The van der Waals surface area contributed by atoms with E-state index in [1.165, 1.54) is 36.0 Å². The van der Waals surface area contributed by atoms with Crippen LogP contribution in [0.2, 0.25) is 0 Å². The average Bonchev–Trinajstić information content (AvgIpc) is 2.20. The van der Waals surface area contributed by atoms with Gasteiger partial charge >= 0.3 is 0 Å². The van der Waals surface area contributed by atoms with Crippen molar-refractivity contribution in [1.29, 1.82) is 0 Å². The molecule has 0 aliphatic heterocycles.